The molecule has 28 heavy (non-hydrogen) atoms. The Kier molecular flexibility index (Phi) is 5.77. The molecule has 0 fully saturated rings. The van der Waals surface area contributed by atoms with E-state index in [9.17, 15) is 4.79 Å². The highest BCUT2D eigenvalue weighted by Crippen LogP contribution is 2.25. The van der Waals surface area contributed by atoms with Crippen molar-refractivity contribution in [2.75, 3.05) is 13.7 Å². The Morgan fingerprint density at radius 2 is 2.21 bits per heavy atom. The molecule has 0 atom stereocenters. The molecule has 0 amide bonds. The fraction of sp³-hybridized carbons (Fsp3) is 0.222. The van der Waals surface area contributed by atoms with Crippen LogP contribution < -0.4 is 5.56 Å². The lowest BCUT2D eigenvalue weighted by Gasteiger charge is -2.12. The first-order valence-corrected chi connectivity index (χ1v) is 10.6. The van der Waals surface area contributed by atoms with Gasteiger partial charge in [0.25, 0.3) is 5.56 Å². The highest BCUT2D eigenvalue weighted by Gasteiger charge is 2.15. The maximum Gasteiger partial charge on any atom is 0.262 e. The molecule has 0 radical (unpaired) electrons. The van der Waals surface area contributed by atoms with Crippen LogP contribution in [0.5, 0.6) is 0 Å². The van der Waals surface area contributed by atoms with Gasteiger partial charge in [-0.25, -0.2) is 4.98 Å². The van der Waals surface area contributed by atoms with Crippen LogP contribution in [0.4, 0.5) is 0 Å². The van der Waals surface area contributed by atoms with E-state index >= 15 is 0 Å². The standard InChI is InChI=1S/C18H15ClN4O3S2/c1-25-6-5-23-17(24)13-3-2-12(19)8-14(13)20-18(23)28-10-15-21-16(22-26-15)11-4-7-27-9-11/h2-4,7-9H,5-6,10H2,1H3. The number of halogens is 1. The Bertz CT molecular complexity index is 1160. The summed E-state index contributed by atoms with van der Waals surface area (Å²) in [6.45, 7) is 0.796. The first-order valence-electron chi connectivity index (χ1n) is 8.32. The van der Waals surface area contributed by atoms with E-state index in [4.69, 9.17) is 20.9 Å². The molecule has 0 saturated carbocycles. The van der Waals surface area contributed by atoms with Crippen LogP contribution in [0.15, 0.2) is 49.5 Å². The minimum Gasteiger partial charge on any atom is -0.383 e. The fourth-order valence-corrected chi connectivity index (χ4v) is 4.28. The van der Waals surface area contributed by atoms with Crippen LogP contribution in [0.3, 0.4) is 0 Å². The van der Waals surface area contributed by atoms with Gasteiger partial charge in [-0.1, -0.05) is 28.5 Å². The molecule has 3 aromatic heterocycles. The van der Waals surface area contributed by atoms with Crippen LogP contribution in [0.1, 0.15) is 5.89 Å². The number of hydrogen-bond donors (Lipinski definition) is 0. The largest absolute Gasteiger partial charge is 0.383 e. The van der Waals surface area contributed by atoms with Gasteiger partial charge >= 0.3 is 0 Å². The van der Waals surface area contributed by atoms with Crippen LogP contribution in [0, 0.1) is 0 Å². The number of aromatic nitrogens is 4. The summed E-state index contributed by atoms with van der Waals surface area (Å²) in [5.74, 6) is 1.40. The number of methoxy groups -OCH3 is 1. The zero-order valence-electron chi connectivity index (χ0n) is 14.8. The normalized spacial score (nSPS) is 11.4. The maximum atomic E-state index is 12.9. The number of rotatable bonds is 7. The summed E-state index contributed by atoms with van der Waals surface area (Å²) in [4.78, 5) is 21.9. The minimum absolute atomic E-state index is 0.134. The zero-order chi connectivity index (χ0) is 19.5. The molecule has 10 heteroatoms. The minimum atomic E-state index is -0.134. The van der Waals surface area contributed by atoms with Gasteiger partial charge in [-0.3, -0.25) is 9.36 Å². The van der Waals surface area contributed by atoms with Gasteiger partial charge in [-0.2, -0.15) is 16.3 Å². The average molecular weight is 435 g/mol. The predicted octanol–water partition coefficient (Wildman–Crippen LogP) is 4.10. The number of thioether (sulfide) groups is 1. The van der Waals surface area contributed by atoms with Crippen LogP contribution in [0.2, 0.25) is 5.02 Å². The third kappa shape index (κ3) is 3.97. The van der Waals surface area contributed by atoms with Crippen molar-refractivity contribution in [3.8, 4) is 11.4 Å². The van der Waals surface area contributed by atoms with Crippen molar-refractivity contribution >= 4 is 45.6 Å². The second-order valence-electron chi connectivity index (χ2n) is 5.82. The van der Waals surface area contributed by atoms with E-state index in [2.05, 4.69) is 15.1 Å². The lowest BCUT2D eigenvalue weighted by atomic mass is 10.2. The number of benzene rings is 1. The first-order chi connectivity index (χ1) is 13.7. The van der Waals surface area contributed by atoms with E-state index in [1.807, 2.05) is 16.8 Å². The molecule has 0 bridgehead atoms. The molecule has 0 saturated heterocycles. The summed E-state index contributed by atoms with van der Waals surface area (Å²) in [6, 6.07) is 6.99. The molecule has 144 valence electrons. The molecular weight excluding hydrogens is 420 g/mol. The third-order valence-corrected chi connectivity index (χ3v) is 5.85. The smallest absolute Gasteiger partial charge is 0.262 e. The second kappa shape index (κ2) is 8.44. The Hall–Kier alpha value is -2.20. The van der Waals surface area contributed by atoms with Gasteiger partial charge in [0.2, 0.25) is 11.7 Å². The molecule has 7 nitrogen and oxygen atoms in total. The number of nitrogens with zero attached hydrogens (tertiary/aromatic N) is 4. The molecule has 1 aromatic carbocycles. The van der Waals surface area contributed by atoms with Gasteiger partial charge in [0, 0.05) is 23.1 Å². The van der Waals surface area contributed by atoms with Crippen molar-refractivity contribution < 1.29 is 9.26 Å². The molecule has 0 unspecified atom stereocenters. The Morgan fingerprint density at radius 3 is 3.00 bits per heavy atom. The lowest BCUT2D eigenvalue weighted by molar-refractivity contribution is 0.183. The second-order valence-corrected chi connectivity index (χ2v) is 7.98. The van der Waals surface area contributed by atoms with Crippen molar-refractivity contribution in [1.29, 1.82) is 0 Å². The van der Waals surface area contributed by atoms with Crippen molar-refractivity contribution in [3.63, 3.8) is 0 Å². The van der Waals surface area contributed by atoms with Crippen LogP contribution >= 0.6 is 34.7 Å². The SMILES string of the molecule is COCCn1c(SCc2nc(-c3ccsc3)no2)nc2cc(Cl)ccc2c1=O. The van der Waals surface area contributed by atoms with Gasteiger partial charge in [0.15, 0.2) is 5.16 Å². The molecule has 3 heterocycles. The fourth-order valence-electron chi connectivity index (χ4n) is 2.61. The van der Waals surface area contributed by atoms with Gasteiger partial charge in [0.05, 0.1) is 29.8 Å². The summed E-state index contributed by atoms with van der Waals surface area (Å²) in [5, 5.41) is 9.51. The first kappa shape index (κ1) is 19.1. The highest BCUT2D eigenvalue weighted by molar-refractivity contribution is 7.98. The van der Waals surface area contributed by atoms with E-state index in [0.29, 0.717) is 51.7 Å². The van der Waals surface area contributed by atoms with Crippen molar-refractivity contribution in [2.45, 2.75) is 17.5 Å². The molecule has 4 rings (SSSR count). The van der Waals surface area contributed by atoms with Gasteiger partial charge < -0.3 is 9.26 Å². The Morgan fingerprint density at radius 1 is 1.32 bits per heavy atom. The summed E-state index contributed by atoms with van der Waals surface area (Å²) in [5.41, 5.74) is 1.34. The van der Waals surface area contributed by atoms with Crippen LogP contribution in [0.25, 0.3) is 22.3 Å². The lowest BCUT2D eigenvalue weighted by Crippen LogP contribution is -2.25. The quantitative estimate of drug-likeness (QED) is 0.320. The number of ether oxygens (including phenoxy) is 1. The monoisotopic (exact) mass is 434 g/mol. The molecule has 0 spiro atoms. The molecule has 4 aromatic rings. The van der Waals surface area contributed by atoms with E-state index < -0.39 is 0 Å². The summed E-state index contributed by atoms with van der Waals surface area (Å²) in [6.07, 6.45) is 0. The van der Waals surface area contributed by atoms with E-state index in [-0.39, 0.29) is 5.56 Å². The predicted molar refractivity (Wildman–Crippen MR) is 110 cm³/mol. The molecule has 0 aliphatic heterocycles. The van der Waals surface area contributed by atoms with E-state index in [1.165, 1.54) is 11.8 Å². The highest BCUT2D eigenvalue weighted by atomic mass is 35.5. The third-order valence-electron chi connectivity index (χ3n) is 3.97. The van der Waals surface area contributed by atoms with Crippen molar-refractivity contribution in [2.24, 2.45) is 0 Å². The summed E-state index contributed by atoms with van der Waals surface area (Å²) >= 11 is 8.99. The van der Waals surface area contributed by atoms with Crippen molar-refractivity contribution in [3.05, 3.63) is 56.3 Å². The molecule has 0 N–H and O–H groups in total. The number of fused-ring (bicyclic) bond motifs is 1. The topological polar surface area (TPSA) is 83.0 Å². The Labute approximate surface area is 173 Å². The van der Waals surface area contributed by atoms with E-state index in [1.54, 1.807) is 41.2 Å². The Balaban J connectivity index is 1.64. The summed E-state index contributed by atoms with van der Waals surface area (Å²) in [7, 11) is 1.59. The molecule has 0 aliphatic carbocycles. The van der Waals surface area contributed by atoms with E-state index in [0.717, 1.165) is 5.56 Å². The van der Waals surface area contributed by atoms with Crippen LogP contribution in [-0.2, 0) is 17.0 Å². The van der Waals surface area contributed by atoms with Crippen LogP contribution in [-0.4, -0.2) is 33.4 Å². The number of hydrogen-bond acceptors (Lipinski definition) is 8. The average Bonchev–Trinajstić information content (AvgIpc) is 3.37. The summed E-state index contributed by atoms with van der Waals surface area (Å²) < 4.78 is 12.1. The molecular formula is C18H15ClN4O3S2. The zero-order valence-corrected chi connectivity index (χ0v) is 17.2. The van der Waals surface area contributed by atoms with Gasteiger partial charge in [-0.15, -0.1) is 0 Å². The molecule has 0 aliphatic rings. The number of thiophene rings is 1. The maximum absolute atomic E-state index is 12.9. The van der Waals surface area contributed by atoms with Gasteiger partial charge in [0.1, 0.15) is 0 Å². The van der Waals surface area contributed by atoms with Gasteiger partial charge in [-0.05, 0) is 29.6 Å². The van der Waals surface area contributed by atoms with Crippen molar-refractivity contribution in [1.82, 2.24) is 19.7 Å².